The van der Waals surface area contributed by atoms with Gasteiger partial charge in [0, 0.05) is 22.0 Å². The number of carbonyl (C=O) groups is 2. The van der Waals surface area contributed by atoms with Gasteiger partial charge in [-0.3, -0.25) is 4.79 Å². The summed E-state index contributed by atoms with van der Waals surface area (Å²) in [5.41, 5.74) is 0.498. The number of alkyl halides is 3. The highest BCUT2D eigenvalue weighted by Gasteiger charge is 2.30. The molecule has 0 bridgehead atoms. The summed E-state index contributed by atoms with van der Waals surface area (Å²) in [6.45, 7) is 1.66. The van der Waals surface area contributed by atoms with E-state index in [1.807, 2.05) is 18.2 Å². The summed E-state index contributed by atoms with van der Waals surface area (Å²) in [4.78, 5) is 25.2. The lowest BCUT2D eigenvalue weighted by molar-refractivity contribution is -0.137. The molecule has 0 aliphatic carbocycles. The minimum absolute atomic E-state index is 0.0845. The maximum absolute atomic E-state index is 12.8. The minimum atomic E-state index is -4.48. The molecule has 5 nitrogen and oxygen atoms in total. The molecule has 3 rings (SSSR count). The Morgan fingerprint density at radius 3 is 2.00 bits per heavy atom. The van der Waals surface area contributed by atoms with Crippen LogP contribution in [0.1, 0.15) is 12.5 Å². The standard InChI is InChI=1S/C23H20F3N3O2S/c1-15(21(30)27-19-9-5-6-16(14-19)23(24,25)26)32-20-12-10-18(11-13-20)29-22(31)28-17-7-3-2-4-8-17/h2-15H,1H3,(H,27,30)(H2,28,29,31). The molecule has 3 N–H and O–H groups in total. The Hall–Kier alpha value is -3.46. The molecule has 0 saturated heterocycles. The van der Waals surface area contributed by atoms with E-state index >= 15 is 0 Å². The number of thioether (sulfide) groups is 1. The highest BCUT2D eigenvalue weighted by atomic mass is 32.2. The van der Waals surface area contributed by atoms with Crippen LogP contribution in [0.25, 0.3) is 0 Å². The highest BCUT2D eigenvalue weighted by molar-refractivity contribution is 8.00. The van der Waals surface area contributed by atoms with E-state index in [9.17, 15) is 22.8 Å². The molecule has 3 aromatic carbocycles. The van der Waals surface area contributed by atoms with E-state index in [4.69, 9.17) is 0 Å². The fourth-order valence-electron chi connectivity index (χ4n) is 2.71. The van der Waals surface area contributed by atoms with Crippen molar-refractivity contribution in [1.82, 2.24) is 0 Å². The fraction of sp³-hybridized carbons (Fsp3) is 0.130. The molecule has 0 fully saturated rings. The van der Waals surface area contributed by atoms with Crippen LogP contribution in [-0.4, -0.2) is 17.2 Å². The SMILES string of the molecule is CC(Sc1ccc(NC(=O)Nc2ccccc2)cc1)C(=O)Nc1cccc(C(F)(F)F)c1. The third-order valence-electron chi connectivity index (χ3n) is 4.28. The number of para-hydroxylation sites is 1. The van der Waals surface area contributed by atoms with Gasteiger partial charge < -0.3 is 16.0 Å². The summed E-state index contributed by atoms with van der Waals surface area (Å²) in [6, 6.07) is 20.0. The first-order valence-corrected chi connectivity index (χ1v) is 10.5. The lowest BCUT2D eigenvalue weighted by Crippen LogP contribution is -2.22. The van der Waals surface area contributed by atoms with Gasteiger partial charge in [0.25, 0.3) is 0 Å². The van der Waals surface area contributed by atoms with Crippen molar-refractivity contribution >= 4 is 40.8 Å². The fourth-order valence-corrected chi connectivity index (χ4v) is 3.57. The quantitative estimate of drug-likeness (QED) is 0.370. The number of urea groups is 1. The lowest BCUT2D eigenvalue weighted by atomic mass is 10.2. The number of halogens is 3. The van der Waals surface area contributed by atoms with E-state index in [0.717, 1.165) is 17.0 Å². The van der Waals surface area contributed by atoms with Gasteiger partial charge in [-0.1, -0.05) is 24.3 Å². The molecule has 0 heterocycles. The smallest absolute Gasteiger partial charge is 0.325 e. The van der Waals surface area contributed by atoms with Gasteiger partial charge in [-0.05, 0) is 61.5 Å². The van der Waals surface area contributed by atoms with Gasteiger partial charge >= 0.3 is 12.2 Å². The number of nitrogens with one attached hydrogen (secondary N) is 3. The summed E-state index contributed by atoms with van der Waals surface area (Å²) in [7, 11) is 0. The molecule has 1 atom stereocenters. The van der Waals surface area contributed by atoms with E-state index in [0.29, 0.717) is 11.4 Å². The molecule has 166 valence electrons. The second kappa shape index (κ2) is 10.2. The zero-order valence-electron chi connectivity index (χ0n) is 16.9. The number of hydrogen-bond donors (Lipinski definition) is 3. The first-order valence-electron chi connectivity index (χ1n) is 9.58. The van der Waals surface area contributed by atoms with Crippen LogP contribution in [0.2, 0.25) is 0 Å². The van der Waals surface area contributed by atoms with Gasteiger partial charge in [0.2, 0.25) is 5.91 Å². The predicted molar refractivity (Wildman–Crippen MR) is 121 cm³/mol. The molecular formula is C23H20F3N3O2S. The van der Waals surface area contributed by atoms with E-state index in [2.05, 4.69) is 16.0 Å². The monoisotopic (exact) mass is 459 g/mol. The van der Waals surface area contributed by atoms with Crippen molar-refractivity contribution in [2.75, 3.05) is 16.0 Å². The van der Waals surface area contributed by atoms with Crippen LogP contribution in [0.5, 0.6) is 0 Å². The van der Waals surface area contributed by atoms with Crippen molar-refractivity contribution in [3.8, 4) is 0 Å². The third-order valence-corrected chi connectivity index (χ3v) is 5.40. The maximum atomic E-state index is 12.8. The molecule has 0 aliphatic heterocycles. The van der Waals surface area contributed by atoms with Gasteiger partial charge in [-0.25, -0.2) is 4.79 Å². The first kappa shape index (κ1) is 23.2. The molecule has 0 aliphatic rings. The van der Waals surface area contributed by atoms with Gasteiger partial charge in [-0.2, -0.15) is 13.2 Å². The van der Waals surface area contributed by atoms with Crippen LogP contribution in [0.4, 0.5) is 35.0 Å². The van der Waals surface area contributed by atoms with Crippen LogP contribution >= 0.6 is 11.8 Å². The molecular weight excluding hydrogens is 439 g/mol. The third kappa shape index (κ3) is 6.78. The van der Waals surface area contributed by atoms with E-state index in [1.54, 1.807) is 43.3 Å². The summed E-state index contributed by atoms with van der Waals surface area (Å²) in [5.74, 6) is -0.418. The minimum Gasteiger partial charge on any atom is -0.325 e. The number of amides is 3. The summed E-state index contributed by atoms with van der Waals surface area (Å²) in [5, 5.41) is 7.38. The normalized spacial score (nSPS) is 12.0. The van der Waals surface area contributed by atoms with Crippen LogP contribution in [0.15, 0.2) is 83.8 Å². The van der Waals surface area contributed by atoms with Crippen LogP contribution in [0, 0.1) is 0 Å². The molecule has 9 heteroatoms. The number of anilines is 3. The van der Waals surface area contributed by atoms with Crippen molar-refractivity contribution < 1.29 is 22.8 Å². The van der Waals surface area contributed by atoms with Crippen molar-refractivity contribution in [3.63, 3.8) is 0 Å². The van der Waals surface area contributed by atoms with Crippen molar-refractivity contribution in [2.45, 2.75) is 23.2 Å². The number of hydrogen-bond acceptors (Lipinski definition) is 3. The average molecular weight is 459 g/mol. The molecule has 3 amide bonds. The Bertz CT molecular complexity index is 1070. The Morgan fingerprint density at radius 1 is 0.781 bits per heavy atom. The van der Waals surface area contributed by atoms with Gasteiger partial charge in [0.05, 0.1) is 10.8 Å². The second-order valence-corrected chi connectivity index (χ2v) is 8.21. The van der Waals surface area contributed by atoms with Crippen LogP contribution < -0.4 is 16.0 Å². The van der Waals surface area contributed by atoms with Crippen molar-refractivity contribution in [3.05, 3.63) is 84.4 Å². The summed E-state index contributed by atoms with van der Waals surface area (Å²) >= 11 is 1.25. The highest BCUT2D eigenvalue weighted by Crippen LogP contribution is 2.31. The molecule has 0 saturated carbocycles. The average Bonchev–Trinajstić information content (AvgIpc) is 2.75. The first-order chi connectivity index (χ1) is 15.2. The molecule has 0 radical (unpaired) electrons. The van der Waals surface area contributed by atoms with Gasteiger partial charge in [0.1, 0.15) is 0 Å². The number of benzene rings is 3. The molecule has 0 spiro atoms. The number of rotatable bonds is 6. The Kier molecular flexibility index (Phi) is 7.42. The zero-order valence-corrected chi connectivity index (χ0v) is 17.8. The molecule has 1 unspecified atom stereocenters. The van der Waals surface area contributed by atoms with E-state index in [1.165, 1.54) is 23.9 Å². The van der Waals surface area contributed by atoms with Crippen molar-refractivity contribution in [1.29, 1.82) is 0 Å². The predicted octanol–water partition coefficient (Wildman–Crippen LogP) is 6.47. The summed E-state index contributed by atoms with van der Waals surface area (Å²) in [6.07, 6.45) is -4.48. The number of carbonyl (C=O) groups excluding carboxylic acids is 2. The molecule has 3 aromatic rings. The summed E-state index contributed by atoms with van der Waals surface area (Å²) < 4.78 is 38.5. The molecule has 32 heavy (non-hydrogen) atoms. The van der Waals surface area contributed by atoms with Crippen LogP contribution in [-0.2, 0) is 11.0 Å². The second-order valence-electron chi connectivity index (χ2n) is 6.80. The van der Waals surface area contributed by atoms with E-state index in [-0.39, 0.29) is 11.7 Å². The Balaban J connectivity index is 1.53. The Labute approximate surface area is 187 Å². The topological polar surface area (TPSA) is 70.2 Å². The zero-order chi connectivity index (χ0) is 23.1. The van der Waals surface area contributed by atoms with E-state index < -0.39 is 22.9 Å². The van der Waals surface area contributed by atoms with Crippen LogP contribution in [0.3, 0.4) is 0 Å². The maximum Gasteiger partial charge on any atom is 0.416 e. The van der Waals surface area contributed by atoms with Crippen molar-refractivity contribution in [2.24, 2.45) is 0 Å². The Morgan fingerprint density at radius 2 is 1.38 bits per heavy atom. The lowest BCUT2D eigenvalue weighted by Gasteiger charge is -2.14. The van der Waals surface area contributed by atoms with Gasteiger partial charge in [-0.15, -0.1) is 11.8 Å². The van der Waals surface area contributed by atoms with Gasteiger partial charge in [0.15, 0.2) is 0 Å². The largest absolute Gasteiger partial charge is 0.416 e. The molecule has 0 aromatic heterocycles.